The molecule has 1 aliphatic rings. The smallest absolute Gasteiger partial charge is 0.245 e. The summed E-state index contributed by atoms with van der Waals surface area (Å²) < 4.78 is 1.56. The van der Waals surface area contributed by atoms with Gasteiger partial charge in [-0.1, -0.05) is 11.6 Å². The van der Waals surface area contributed by atoms with E-state index in [0.717, 1.165) is 5.69 Å². The molecule has 4 rings (SSSR count). The van der Waals surface area contributed by atoms with Gasteiger partial charge in [-0.25, -0.2) is 4.98 Å². The predicted octanol–water partition coefficient (Wildman–Crippen LogP) is 2.51. The van der Waals surface area contributed by atoms with E-state index in [4.69, 9.17) is 11.6 Å². The van der Waals surface area contributed by atoms with Crippen LogP contribution in [0.2, 0.25) is 5.02 Å². The van der Waals surface area contributed by atoms with Crippen LogP contribution in [0.4, 0.5) is 10.7 Å². The topological polar surface area (TPSA) is 93.0 Å². The summed E-state index contributed by atoms with van der Waals surface area (Å²) in [5, 5.41) is 9.80. The van der Waals surface area contributed by atoms with Gasteiger partial charge < -0.3 is 10.2 Å². The number of hydrogen-bond donors (Lipinski definition) is 1. The van der Waals surface area contributed by atoms with Gasteiger partial charge in [0.05, 0.1) is 22.0 Å². The zero-order valence-corrected chi connectivity index (χ0v) is 15.9. The molecule has 0 aliphatic carbocycles. The van der Waals surface area contributed by atoms with Crippen LogP contribution in [-0.2, 0) is 23.1 Å². The summed E-state index contributed by atoms with van der Waals surface area (Å²) in [6.45, 7) is -0.0951. The van der Waals surface area contributed by atoms with Gasteiger partial charge in [-0.2, -0.15) is 5.10 Å². The molecule has 1 N–H and O–H groups in total. The lowest BCUT2D eigenvalue weighted by Crippen LogP contribution is -2.41. The molecule has 138 valence electrons. The lowest BCUT2D eigenvalue weighted by atomic mass is 10.1. The van der Waals surface area contributed by atoms with Crippen molar-refractivity contribution < 1.29 is 9.59 Å². The van der Waals surface area contributed by atoms with Crippen molar-refractivity contribution in [2.75, 3.05) is 16.8 Å². The van der Waals surface area contributed by atoms with Crippen LogP contribution in [0.1, 0.15) is 12.1 Å². The van der Waals surface area contributed by atoms with E-state index in [-0.39, 0.29) is 18.4 Å². The van der Waals surface area contributed by atoms with Gasteiger partial charge >= 0.3 is 0 Å². The monoisotopic (exact) mass is 402 g/mol. The van der Waals surface area contributed by atoms with Crippen LogP contribution in [0.25, 0.3) is 11.4 Å². The molecule has 0 saturated carbocycles. The number of rotatable bonds is 4. The highest BCUT2D eigenvalue weighted by Gasteiger charge is 2.27. The van der Waals surface area contributed by atoms with E-state index in [0.29, 0.717) is 39.9 Å². The molecule has 0 fully saturated rings. The van der Waals surface area contributed by atoms with Crippen LogP contribution in [0, 0.1) is 0 Å². The van der Waals surface area contributed by atoms with Crippen LogP contribution in [0.3, 0.4) is 0 Å². The Morgan fingerprint density at radius 1 is 1.37 bits per heavy atom. The maximum absolute atomic E-state index is 12.6. The number of amides is 2. The van der Waals surface area contributed by atoms with Crippen LogP contribution in [0.5, 0.6) is 0 Å². The molecule has 3 aromatic heterocycles. The molecule has 0 bridgehead atoms. The van der Waals surface area contributed by atoms with E-state index >= 15 is 0 Å². The Kier molecular flexibility index (Phi) is 4.63. The fourth-order valence-corrected chi connectivity index (χ4v) is 4.14. The van der Waals surface area contributed by atoms with Gasteiger partial charge in [-0.05, 0) is 12.1 Å². The minimum Gasteiger partial charge on any atom is -0.315 e. The number of hydrogen-bond acceptors (Lipinski definition) is 6. The molecule has 27 heavy (non-hydrogen) atoms. The fourth-order valence-electron chi connectivity index (χ4n) is 2.94. The van der Waals surface area contributed by atoms with E-state index < -0.39 is 0 Å². The number of carbonyl (C=O) groups excluding carboxylic acids is 2. The van der Waals surface area contributed by atoms with Gasteiger partial charge in [0.25, 0.3) is 0 Å². The Morgan fingerprint density at radius 2 is 2.22 bits per heavy atom. The number of halogens is 1. The van der Waals surface area contributed by atoms with Crippen LogP contribution in [-0.4, -0.2) is 38.1 Å². The maximum Gasteiger partial charge on any atom is 0.245 e. The summed E-state index contributed by atoms with van der Waals surface area (Å²) in [5.41, 5.74) is 2.07. The number of nitrogens with zero attached hydrogens (tertiary/aromatic N) is 5. The van der Waals surface area contributed by atoms with E-state index in [1.807, 2.05) is 0 Å². The molecular weight excluding hydrogens is 388 g/mol. The third-order valence-electron chi connectivity index (χ3n) is 4.16. The third-order valence-corrected chi connectivity index (χ3v) is 5.48. The number of anilines is 2. The van der Waals surface area contributed by atoms with Crippen LogP contribution >= 0.6 is 22.9 Å². The third kappa shape index (κ3) is 3.43. The first kappa shape index (κ1) is 17.6. The number of fused-ring (bicyclic) bond motifs is 1. The highest BCUT2D eigenvalue weighted by molar-refractivity contribution is 7.15. The predicted molar refractivity (Wildman–Crippen MR) is 103 cm³/mol. The molecule has 0 spiro atoms. The van der Waals surface area contributed by atoms with Crippen LogP contribution < -0.4 is 10.2 Å². The van der Waals surface area contributed by atoms with Gasteiger partial charge in [-0.3, -0.25) is 19.3 Å². The largest absolute Gasteiger partial charge is 0.315 e. The van der Waals surface area contributed by atoms with Crippen molar-refractivity contribution in [1.82, 2.24) is 19.7 Å². The van der Waals surface area contributed by atoms with Gasteiger partial charge in [-0.15, -0.1) is 11.3 Å². The van der Waals surface area contributed by atoms with Crippen molar-refractivity contribution in [2.45, 2.75) is 12.8 Å². The highest BCUT2D eigenvalue weighted by Crippen LogP contribution is 2.38. The van der Waals surface area contributed by atoms with Gasteiger partial charge in [0.1, 0.15) is 17.9 Å². The average molecular weight is 403 g/mol. The van der Waals surface area contributed by atoms with E-state index in [2.05, 4.69) is 20.4 Å². The molecule has 0 atom stereocenters. The van der Waals surface area contributed by atoms with Gasteiger partial charge in [0.2, 0.25) is 11.8 Å². The summed E-state index contributed by atoms with van der Waals surface area (Å²) in [7, 11) is 1.75. The van der Waals surface area contributed by atoms with Gasteiger partial charge in [0, 0.05) is 31.5 Å². The molecule has 8 nitrogen and oxygen atoms in total. The van der Waals surface area contributed by atoms with Crippen LogP contribution in [0.15, 0.2) is 30.0 Å². The first-order chi connectivity index (χ1) is 13.0. The molecule has 4 heterocycles. The molecule has 1 aliphatic heterocycles. The lowest BCUT2D eigenvalue weighted by Gasteiger charge is -2.27. The van der Waals surface area contributed by atoms with E-state index in [1.165, 1.54) is 16.2 Å². The second-order valence-electron chi connectivity index (χ2n) is 6.03. The minimum absolute atomic E-state index is 0.0951. The minimum atomic E-state index is -0.323. The zero-order chi connectivity index (χ0) is 19.0. The molecule has 0 radical (unpaired) electrons. The van der Waals surface area contributed by atoms with Crippen molar-refractivity contribution in [2.24, 2.45) is 7.05 Å². The first-order valence-corrected chi connectivity index (χ1v) is 9.46. The van der Waals surface area contributed by atoms with Gasteiger partial charge in [0.15, 0.2) is 5.82 Å². The molecular formula is C17H15ClN6O2S. The number of pyridine rings is 1. The van der Waals surface area contributed by atoms with Crippen molar-refractivity contribution in [3.8, 4) is 11.4 Å². The van der Waals surface area contributed by atoms with Crippen molar-refractivity contribution in [1.29, 1.82) is 0 Å². The quantitative estimate of drug-likeness (QED) is 0.723. The summed E-state index contributed by atoms with van der Waals surface area (Å²) in [6, 6.07) is 3.56. The Hall–Kier alpha value is -2.78. The number of nitrogens with one attached hydrogen (secondary N) is 1. The number of carbonyl (C=O) groups is 2. The molecule has 10 heteroatoms. The van der Waals surface area contributed by atoms with Crippen molar-refractivity contribution in [3.63, 3.8) is 0 Å². The molecule has 3 aromatic rings. The second kappa shape index (κ2) is 7.09. The average Bonchev–Trinajstić information content (AvgIpc) is 3.23. The fraction of sp³-hybridized carbons (Fsp3) is 0.235. The Bertz CT molecular complexity index is 1030. The highest BCUT2D eigenvalue weighted by atomic mass is 35.5. The summed E-state index contributed by atoms with van der Waals surface area (Å²) in [5.74, 6) is 0.0138. The SMILES string of the molecule is Cn1cnc(-c2c(Cl)csc2NC(=O)CN2C(=O)CCc3ncccc32)n1. The zero-order valence-electron chi connectivity index (χ0n) is 14.3. The first-order valence-electron chi connectivity index (χ1n) is 8.20. The lowest BCUT2D eigenvalue weighted by molar-refractivity contribution is -0.121. The van der Waals surface area contributed by atoms with E-state index in [9.17, 15) is 9.59 Å². The Balaban J connectivity index is 1.55. The second-order valence-corrected chi connectivity index (χ2v) is 7.31. The van der Waals surface area contributed by atoms with Crippen molar-refractivity contribution in [3.05, 3.63) is 40.8 Å². The summed E-state index contributed by atoms with van der Waals surface area (Å²) in [4.78, 5) is 34.9. The normalized spacial score (nSPS) is 13.6. The van der Waals surface area contributed by atoms with Crippen molar-refractivity contribution >= 4 is 45.4 Å². The summed E-state index contributed by atoms with van der Waals surface area (Å²) >= 11 is 7.54. The molecule has 0 unspecified atom stereocenters. The maximum atomic E-state index is 12.6. The number of thiophene rings is 1. The number of aryl methyl sites for hydroxylation is 2. The summed E-state index contributed by atoms with van der Waals surface area (Å²) in [6.07, 6.45) is 4.17. The molecule has 0 aromatic carbocycles. The Morgan fingerprint density at radius 3 is 3.00 bits per heavy atom. The molecule has 2 amide bonds. The number of aromatic nitrogens is 4. The standard InChI is InChI=1S/C17H15ClN6O2S/c1-23-9-20-16(22-23)15-10(18)8-27-17(15)21-13(25)7-24-12-3-2-6-19-11(12)4-5-14(24)26/h2-3,6,8-9H,4-5,7H2,1H3,(H,21,25). The molecule has 0 saturated heterocycles. The Labute approximate surface area is 163 Å². The van der Waals surface area contributed by atoms with E-state index in [1.54, 1.807) is 41.8 Å².